The van der Waals surface area contributed by atoms with Crippen LogP contribution in [0.5, 0.6) is 0 Å². The van der Waals surface area contributed by atoms with Crippen LogP contribution >= 0.6 is 11.6 Å². The lowest BCUT2D eigenvalue weighted by atomic mass is 10.0. The number of halogens is 1. The molecule has 0 aliphatic heterocycles. The standard InChI is InChI=1S/C13H12ClNO4/c1-7(12(16)15-18)4-9-5-8-2-3-10(14)6-11(8)19-13(9)17/h2-3,5-7,18H,4H2,1H3,(H,15,16). The van der Waals surface area contributed by atoms with E-state index in [1.165, 1.54) is 0 Å². The number of carbonyl (C=O) groups is 1. The molecule has 0 aliphatic rings. The van der Waals surface area contributed by atoms with Crippen LogP contribution in [-0.4, -0.2) is 11.1 Å². The van der Waals surface area contributed by atoms with Gasteiger partial charge in [0.2, 0.25) is 5.91 Å². The largest absolute Gasteiger partial charge is 0.422 e. The van der Waals surface area contributed by atoms with Crippen LogP contribution in [0.4, 0.5) is 0 Å². The van der Waals surface area contributed by atoms with Gasteiger partial charge in [-0.1, -0.05) is 18.5 Å². The third kappa shape index (κ3) is 2.94. The average molecular weight is 282 g/mol. The van der Waals surface area contributed by atoms with Crippen LogP contribution in [0.1, 0.15) is 12.5 Å². The lowest BCUT2D eigenvalue weighted by Crippen LogP contribution is -2.28. The van der Waals surface area contributed by atoms with Gasteiger partial charge in [0, 0.05) is 28.0 Å². The van der Waals surface area contributed by atoms with Crippen molar-refractivity contribution in [3.63, 3.8) is 0 Å². The van der Waals surface area contributed by atoms with Gasteiger partial charge < -0.3 is 4.42 Å². The van der Waals surface area contributed by atoms with E-state index < -0.39 is 17.5 Å². The molecule has 0 spiro atoms. The predicted octanol–water partition coefficient (Wildman–Crippen LogP) is 2.13. The summed E-state index contributed by atoms with van der Waals surface area (Å²) in [4.78, 5) is 23.0. The first kappa shape index (κ1) is 13.6. The van der Waals surface area contributed by atoms with Gasteiger partial charge in [-0.3, -0.25) is 10.0 Å². The van der Waals surface area contributed by atoms with Gasteiger partial charge in [0.1, 0.15) is 5.58 Å². The fraction of sp³-hybridized carbons (Fsp3) is 0.231. The number of carbonyl (C=O) groups excluding carboxylic acids is 1. The Kier molecular flexibility index (Phi) is 3.87. The highest BCUT2D eigenvalue weighted by Crippen LogP contribution is 2.19. The Morgan fingerprint density at radius 1 is 1.47 bits per heavy atom. The molecule has 2 aromatic rings. The first-order valence-corrected chi connectivity index (χ1v) is 6.05. The first-order chi connectivity index (χ1) is 9.01. The molecule has 100 valence electrons. The zero-order valence-electron chi connectivity index (χ0n) is 10.1. The van der Waals surface area contributed by atoms with E-state index in [-0.39, 0.29) is 6.42 Å². The van der Waals surface area contributed by atoms with Crippen molar-refractivity contribution in [3.05, 3.63) is 45.3 Å². The van der Waals surface area contributed by atoms with Crippen LogP contribution in [0.25, 0.3) is 11.0 Å². The first-order valence-electron chi connectivity index (χ1n) is 5.67. The third-order valence-electron chi connectivity index (χ3n) is 2.85. The van der Waals surface area contributed by atoms with Crippen LogP contribution < -0.4 is 11.1 Å². The number of rotatable bonds is 3. The van der Waals surface area contributed by atoms with E-state index in [1.807, 2.05) is 0 Å². The van der Waals surface area contributed by atoms with Crippen molar-refractivity contribution in [1.82, 2.24) is 5.48 Å². The molecule has 1 heterocycles. The highest BCUT2D eigenvalue weighted by atomic mass is 35.5. The lowest BCUT2D eigenvalue weighted by molar-refractivity contribution is -0.132. The number of hydrogen-bond donors (Lipinski definition) is 2. The molecule has 2 N–H and O–H groups in total. The molecule has 19 heavy (non-hydrogen) atoms. The van der Waals surface area contributed by atoms with Crippen LogP contribution in [0.3, 0.4) is 0 Å². The topological polar surface area (TPSA) is 79.5 Å². The second kappa shape index (κ2) is 5.42. The van der Waals surface area contributed by atoms with E-state index in [4.69, 9.17) is 21.2 Å². The van der Waals surface area contributed by atoms with Gasteiger partial charge in [-0.25, -0.2) is 10.3 Å². The van der Waals surface area contributed by atoms with Gasteiger partial charge in [0.15, 0.2) is 0 Å². The molecule has 2 rings (SSSR count). The number of nitrogens with one attached hydrogen (secondary N) is 1. The monoisotopic (exact) mass is 281 g/mol. The zero-order chi connectivity index (χ0) is 14.0. The molecule has 1 amide bonds. The van der Waals surface area contributed by atoms with E-state index in [0.717, 1.165) is 5.39 Å². The molecular formula is C13H12ClNO4. The molecule has 0 bridgehead atoms. The summed E-state index contributed by atoms with van der Waals surface area (Å²) in [5, 5.41) is 9.75. The number of amides is 1. The van der Waals surface area contributed by atoms with Crippen molar-refractivity contribution < 1.29 is 14.4 Å². The lowest BCUT2D eigenvalue weighted by Gasteiger charge is -2.08. The van der Waals surface area contributed by atoms with E-state index in [9.17, 15) is 9.59 Å². The van der Waals surface area contributed by atoms with Gasteiger partial charge in [0.25, 0.3) is 0 Å². The molecule has 0 radical (unpaired) electrons. The van der Waals surface area contributed by atoms with Crippen molar-refractivity contribution in [2.45, 2.75) is 13.3 Å². The molecule has 0 aliphatic carbocycles. The Bertz CT molecular complexity index is 680. The predicted molar refractivity (Wildman–Crippen MR) is 70.3 cm³/mol. The van der Waals surface area contributed by atoms with Crippen LogP contribution in [0.15, 0.2) is 33.5 Å². The SMILES string of the molecule is CC(Cc1cc2ccc(Cl)cc2oc1=O)C(=O)NO. The van der Waals surface area contributed by atoms with E-state index in [2.05, 4.69) is 0 Å². The summed E-state index contributed by atoms with van der Waals surface area (Å²) < 4.78 is 5.15. The summed E-state index contributed by atoms with van der Waals surface area (Å²) in [6.45, 7) is 1.61. The second-order valence-corrected chi connectivity index (χ2v) is 4.76. The number of hydroxylamine groups is 1. The summed E-state index contributed by atoms with van der Waals surface area (Å²) in [6.07, 6.45) is 0.188. The Balaban J connectivity index is 2.39. The third-order valence-corrected chi connectivity index (χ3v) is 3.09. The minimum atomic E-state index is -0.546. The van der Waals surface area contributed by atoms with E-state index in [1.54, 1.807) is 36.7 Å². The molecule has 0 fully saturated rings. The summed E-state index contributed by atoms with van der Waals surface area (Å²) in [5.74, 6) is -1.08. The van der Waals surface area contributed by atoms with Gasteiger partial charge in [-0.05, 0) is 24.6 Å². The molecule has 6 heteroatoms. The average Bonchev–Trinajstić information content (AvgIpc) is 2.38. The highest BCUT2D eigenvalue weighted by molar-refractivity contribution is 6.31. The van der Waals surface area contributed by atoms with Crippen molar-refractivity contribution in [3.8, 4) is 0 Å². The maximum Gasteiger partial charge on any atom is 0.339 e. The molecule has 1 unspecified atom stereocenters. The quantitative estimate of drug-likeness (QED) is 0.513. The molecule has 0 saturated heterocycles. The van der Waals surface area contributed by atoms with Gasteiger partial charge in [-0.15, -0.1) is 0 Å². The van der Waals surface area contributed by atoms with Crippen molar-refractivity contribution in [2.24, 2.45) is 5.92 Å². The van der Waals surface area contributed by atoms with Crippen molar-refractivity contribution >= 4 is 28.5 Å². The highest BCUT2D eigenvalue weighted by Gasteiger charge is 2.16. The van der Waals surface area contributed by atoms with Crippen LogP contribution in [-0.2, 0) is 11.2 Å². The Morgan fingerprint density at radius 2 is 2.21 bits per heavy atom. The smallest absolute Gasteiger partial charge is 0.339 e. The fourth-order valence-electron chi connectivity index (χ4n) is 1.80. The maximum atomic E-state index is 11.8. The summed E-state index contributed by atoms with van der Waals surface area (Å²) in [7, 11) is 0. The summed E-state index contributed by atoms with van der Waals surface area (Å²) in [6, 6.07) is 6.66. The molecule has 5 nitrogen and oxygen atoms in total. The molecule has 1 atom stereocenters. The molecule has 1 aromatic carbocycles. The van der Waals surface area contributed by atoms with Gasteiger partial charge in [0.05, 0.1) is 0 Å². The van der Waals surface area contributed by atoms with Crippen molar-refractivity contribution in [2.75, 3.05) is 0 Å². The molecular weight excluding hydrogens is 270 g/mol. The number of fused-ring (bicyclic) bond motifs is 1. The maximum absolute atomic E-state index is 11.8. The Morgan fingerprint density at radius 3 is 2.89 bits per heavy atom. The van der Waals surface area contributed by atoms with Crippen molar-refractivity contribution in [1.29, 1.82) is 0 Å². The number of benzene rings is 1. The summed E-state index contributed by atoms with van der Waals surface area (Å²) in [5.41, 5.74) is 1.84. The van der Waals surface area contributed by atoms with Gasteiger partial charge in [-0.2, -0.15) is 0 Å². The minimum absolute atomic E-state index is 0.188. The van der Waals surface area contributed by atoms with Crippen LogP contribution in [0, 0.1) is 5.92 Å². The Labute approximate surface area is 113 Å². The van der Waals surface area contributed by atoms with Gasteiger partial charge >= 0.3 is 5.63 Å². The Hall–Kier alpha value is -1.85. The molecule has 1 aromatic heterocycles. The van der Waals surface area contributed by atoms with E-state index >= 15 is 0 Å². The minimum Gasteiger partial charge on any atom is -0.422 e. The summed E-state index contributed by atoms with van der Waals surface area (Å²) >= 11 is 5.81. The normalized spacial score (nSPS) is 12.4. The second-order valence-electron chi connectivity index (χ2n) is 4.32. The fourth-order valence-corrected chi connectivity index (χ4v) is 1.96. The zero-order valence-corrected chi connectivity index (χ0v) is 10.9. The van der Waals surface area contributed by atoms with E-state index in [0.29, 0.717) is 16.2 Å². The van der Waals surface area contributed by atoms with Crippen LogP contribution in [0.2, 0.25) is 5.02 Å². The number of hydrogen-bond acceptors (Lipinski definition) is 4. The molecule has 0 saturated carbocycles.